The third-order valence-corrected chi connectivity index (χ3v) is 4.78. The van der Waals surface area contributed by atoms with Crippen molar-refractivity contribution >= 4 is 40.1 Å². The van der Waals surface area contributed by atoms with Crippen LogP contribution in [0.5, 0.6) is 5.75 Å². The number of hydrogen-bond donors (Lipinski definition) is 1. The second kappa shape index (κ2) is 7.56. The Bertz CT molecular complexity index is 1050. The number of furan rings is 1. The molecule has 0 saturated carbocycles. The van der Waals surface area contributed by atoms with Crippen molar-refractivity contribution in [3.63, 3.8) is 0 Å². The fraction of sp³-hybridized carbons (Fsp3) is 0.238. The van der Waals surface area contributed by atoms with Crippen molar-refractivity contribution in [2.45, 2.75) is 19.4 Å². The third kappa shape index (κ3) is 3.43. The van der Waals surface area contributed by atoms with E-state index in [1.807, 2.05) is 13.0 Å². The smallest absolute Gasteiger partial charge is 0.294 e. The van der Waals surface area contributed by atoms with E-state index in [0.717, 1.165) is 11.8 Å². The number of amides is 2. The highest BCUT2D eigenvalue weighted by Crippen LogP contribution is 2.35. The molecule has 4 rings (SSSR count). The molecule has 2 amide bonds. The molecular formula is C21H19ClN2O4. The summed E-state index contributed by atoms with van der Waals surface area (Å²) in [7, 11) is 0. The van der Waals surface area contributed by atoms with Crippen LogP contribution in [0.15, 0.2) is 52.9 Å². The largest absolute Gasteiger partial charge is 0.477 e. The monoisotopic (exact) mass is 398 g/mol. The molecule has 3 aromatic rings. The second-order valence-electron chi connectivity index (χ2n) is 6.57. The second-order valence-corrected chi connectivity index (χ2v) is 7.01. The predicted molar refractivity (Wildman–Crippen MR) is 107 cm³/mol. The Hall–Kier alpha value is -2.99. The van der Waals surface area contributed by atoms with Gasteiger partial charge in [0, 0.05) is 17.0 Å². The number of rotatable bonds is 4. The highest BCUT2D eigenvalue weighted by atomic mass is 35.5. The Kier molecular flexibility index (Phi) is 4.96. The maximum atomic E-state index is 13.2. The molecule has 1 aromatic heterocycles. The standard InChI is InChI=1S/C21H19ClN2O4/c1-2-9-23-20(25)19-12-24(15-5-3-4-6-17(15)28-19)21(26)18-11-13-10-14(22)7-8-16(13)27-18/h3-8,10-11,19H,2,9,12H2,1H3,(H,23,25)/t19-/m1/s1. The predicted octanol–water partition coefficient (Wildman–Crippen LogP) is 4.02. The first-order valence-electron chi connectivity index (χ1n) is 9.11. The van der Waals surface area contributed by atoms with Crippen molar-refractivity contribution < 1.29 is 18.7 Å². The molecule has 28 heavy (non-hydrogen) atoms. The van der Waals surface area contributed by atoms with Gasteiger partial charge in [0.1, 0.15) is 11.3 Å². The summed E-state index contributed by atoms with van der Waals surface area (Å²) in [5.41, 5.74) is 1.18. The molecule has 0 unspecified atom stereocenters. The zero-order valence-corrected chi connectivity index (χ0v) is 16.0. The normalized spacial score (nSPS) is 15.8. The lowest BCUT2D eigenvalue weighted by molar-refractivity contribution is -0.127. The minimum atomic E-state index is -0.788. The molecule has 1 aliphatic heterocycles. The van der Waals surface area contributed by atoms with Gasteiger partial charge in [-0.15, -0.1) is 0 Å². The van der Waals surface area contributed by atoms with Gasteiger partial charge in [-0.2, -0.15) is 0 Å². The van der Waals surface area contributed by atoms with E-state index >= 15 is 0 Å². The van der Waals surface area contributed by atoms with Gasteiger partial charge in [-0.1, -0.05) is 30.7 Å². The van der Waals surface area contributed by atoms with E-state index in [1.165, 1.54) is 4.90 Å². The summed E-state index contributed by atoms with van der Waals surface area (Å²) in [6.07, 6.45) is 0.0309. The Morgan fingerprint density at radius 3 is 2.86 bits per heavy atom. The number of halogens is 1. The molecule has 0 spiro atoms. The molecule has 0 radical (unpaired) electrons. The van der Waals surface area contributed by atoms with E-state index in [4.69, 9.17) is 20.8 Å². The van der Waals surface area contributed by atoms with Gasteiger partial charge in [-0.05, 0) is 42.8 Å². The van der Waals surface area contributed by atoms with E-state index < -0.39 is 6.10 Å². The summed E-state index contributed by atoms with van der Waals surface area (Å²) in [6, 6.07) is 14.0. The van der Waals surface area contributed by atoms with Crippen LogP contribution in [0, 0.1) is 0 Å². The fourth-order valence-electron chi connectivity index (χ4n) is 3.18. The quantitative estimate of drug-likeness (QED) is 0.720. The Labute approximate surface area is 167 Å². The molecule has 6 nitrogen and oxygen atoms in total. The zero-order chi connectivity index (χ0) is 19.7. The molecule has 1 aliphatic rings. The summed E-state index contributed by atoms with van der Waals surface area (Å²) in [6.45, 7) is 2.63. The molecule has 0 fully saturated rings. The van der Waals surface area contributed by atoms with Crippen molar-refractivity contribution in [3.05, 3.63) is 59.3 Å². The van der Waals surface area contributed by atoms with Crippen LogP contribution in [0.1, 0.15) is 23.9 Å². The van der Waals surface area contributed by atoms with Gasteiger partial charge >= 0.3 is 0 Å². The average Bonchev–Trinajstić information content (AvgIpc) is 3.13. The van der Waals surface area contributed by atoms with Crippen molar-refractivity contribution in [3.8, 4) is 5.75 Å². The molecule has 0 saturated heterocycles. The summed E-state index contributed by atoms with van der Waals surface area (Å²) in [4.78, 5) is 27.2. The molecule has 2 heterocycles. The van der Waals surface area contributed by atoms with Gasteiger partial charge < -0.3 is 14.5 Å². The number of carbonyl (C=O) groups is 2. The number of nitrogens with one attached hydrogen (secondary N) is 1. The Morgan fingerprint density at radius 1 is 1.21 bits per heavy atom. The van der Waals surface area contributed by atoms with Crippen LogP contribution in [0.25, 0.3) is 11.0 Å². The van der Waals surface area contributed by atoms with Gasteiger partial charge in [0.05, 0.1) is 12.2 Å². The van der Waals surface area contributed by atoms with E-state index in [2.05, 4.69) is 5.32 Å². The lowest BCUT2D eigenvalue weighted by Crippen LogP contribution is -2.50. The topological polar surface area (TPSA) is 71.8 Å². The summed E-state index contributed by atoms with van der Waals surface area (Å²) in [5.74, 6) is 0.0847. The lowest BCUT2D eigenvalue weighted by Gasteiger charge is -2.33. The van der Waals surface area contributed by atoms with E-state index in [-0.39, 0.29) is 24.1 Å². The first kappa shape index (κ1) is 18.4. The molecule has 0 bridgehead atoms. The van der Waals surface area contributed by atoms with Crippen LogP contribution < -0.4 is 15.0 Å². The van der Waals surface area contributed by atoms with Crippen LogP contribution in [0.3, 0.4) is 0 Å². The minimum Gasteiger partial charge on any atom is -0.477 e. The number of carbonyl (C=O) groups excluding carboxylic acids is 2. The summed E-state index contributed by atoms with van der Waals surface area (Å²) in [5, 5.41) is 4.13. The number of hydrogen-bond acceptors (Lipinski definition) is 4. The highest BCUT2D eigenvalue weighted by molar-refractivity contribution is 6.31. The number of ether oxygens (including phenoxy) is 1. The molecule has 2 aromatic carbocycles. The van der Waals surface area contributed by atoms with Crippen LogP contribution in [0.4, 0.5) is 5.69 Å². The third-order valence-electron chi connectivity index (χ3n) is 4.55. The summed E-state index contributed by atoms with van der Waals surface area (Å²) >= 11 is 6.02. The SMILES string of the molecule is CCCNC(=O)[C@H]1CN(C(=O)c2cc3cc(Cl)ccc3o2)c2ccccc2O1. The Morgan fingerprint density at radius 2 is 2.04 bits per heavy atom. The van der Waals surface area contributed by atoms with Gasteiger partial charge in [0.25, 0.3) is 11.8 Å². The maximum absolute atomic E-state index is 13.2. The van der Waals surface area contributed by atoms with Crippen LogP contribution in [-0.2, 0) is 4.79 Å². The molecule has 1 N–H and O–H groups in total. The summed E-state index contributed by atoms with van der Waals surface area (Å²) < 4.78 is 11.6. The molecule has 144 valence electrons. The van der Waals surface area contributed by atoms with Gasteiger partial charge in [0.2, 0.25) is 0 Å². The zero-order valence-electron chi connectivity index (χ0n) is 15.3. The van der Waals surface area contributed by atoms with Gasteiger partial charge in [0.15, 0.2) is 11.9 Å². The van der Waals surface area contributed by atoms with Gasteiger partial charge in [-0.3, -0.25) is 14.5 Å². The molecule has 1 atom stereocenters. The minimum absolute atomic E-state index is 0.100. The van der Waals surface area contributed by atoms with Crippen LogP contribution in [-0.4, -0.2) is 31.0 Å². The number of nitrogens with zero attached hydrogens (tertiary/aromatic N) is 1. The van der Waals surface area contributed by atoms with Crippen LogP contribution in [0.2, 0.25) is 5.02 Å². The maximum Gasteiger partial charge on any atom is 0.294 e. The van der Waals surface area contributed by atoms with Gasteiger partial charge in [-0.25, -0.2) is 0 Å². The van der Waals surface area contributed by atoms with Crippen molar-refractivity contribution in [1.29, 1.82) is 0 Å². The van der Waals surface area contributed by atoms with E-state index in [1.54, 1.807) is 42.5 Å². The number of para-hydroxylation sites is 2. The molecule has 7 heteroatoms. The first-order valence-corrected chi connectivity index (χ1v) is 9.49. The van der Waals surface area contributed by atoms with Crippen molar-refractivity contribution in [2.75, 3.05) is 18.0 Å². The number of benzene rings is 2. The number of fused-ring (bicyclic) bond motifs is 2. The van der Waals surface area contributed by atoms with Crippen LogP contribution >= 0.6 is 11.6 Å². The lowest BCUT2D eigenvalue weighted by atomic mass is 10.1. The van der Waals surface area contributed by atoms with E-state index in [9.17, 15) is 9.59 Å². The molecule has 0 aliphatic carbocycles. The van der Waals surface area contributed by atoms with Crippen molar-refractivity contribution in [2.24, 2.45) is 0 Å². The van der Waals surface area contributed by atoms with E-state index in [0.29, 0.717) is 28.6 Å². The Balaban J connectivity index is 1.67. The first-order chi connectivity index (χ1) is 13.6. The number of anilines is 1. The highest BCUT2D eigenvalue weighted by Gasteiger charge is 2.35. The molecular weight excluding hydrogens is 380 g/mol. The average molecular weight is 399 g/mol. The fourth-order valence-corrected chi connectivity index (χ4v) is 3.36. The van der Waals surface area contributed by atoms with Crippen molar-refractivity contribution in [1.82, 2.24) is 5.32 Å².